The van der Waals surface area contributed by atoms with Crippen LogP contribution in [-0.4, -0.2) is 12.3 Å². The summed E-state index contributed by atoms with van der Waals surface area (Å²) >= 11 is 6.89. The highest BCUT2D eigenvalue weighted by molar-refractivity contribution is 7.17. The van der Waals surface area contributed by atoms with Crippen molar-refractivity contribution in [3.8, 4) is 10.4 Å². The first-order valence-electron chi connectivity index (χ1n) is 7.31. The Morgan fingerprint density at radius 2 is 1.84 bits per heavy atom. The van der Waals surface area contributed by atoms with Gasteiger partial charge in [-0.2, -0.15) is 0 Å². The van der Waals surface area contributed by atoms with Crippen LogP contribution in [0.5, 0.6) is 0 Å². The predicted molar refractivity (Wildman–Crippen MR) is 98.4 cm³/mol. The number of nitrogen functional groups attached to an aromatic ring is 1. The highest BCUT2D eigenvalue weighted by Gasteiger charge is 2.13. The fourth-order valence-corrected chi connectivity index (χ4v) is 3.38. The second-order valence-electron chi connectivity index (χ2n) is 5.31. The van der Waals surface area contributed by atoms with E-state index in [0.717, 1.165) is 0 Å². The number of ketones is 1. The van der Waals surface area contributed by atoms with Crippen LogP contribution in [0.15, 0.2) is 48.5 Å². The van der Waals surface area contributed by atoms with Crippen LogP contribution in [0.2, 0.25) is 5.02 Å². The minimum Gasteiger partial charge on any atom is -0.399 e. The molecule has 0 saturated heterocycles. The maximum absolute atomic E-state index is 13.9. The van der Waals surface area contributed by atoms with E-state index < -0.39 is 11.6 Å². The van der Waals surface area contributed by atoms with Gasteiger partial charge in [0, 0.05) is 21.8 Å². The summed E-state index contributed by atoms with van der Waals surface area (Å²) in [5.74, 6) is -1.08. The molecule has 3 aromatic rings. The molecule has 0 atom stereocenters. The van der Waals surface area contributed by atoms with E-state index in [1.165, 1.54) is 47.7 Å². The molecule has 0 bridgehead atoms. The molecule has 0 spiro atoms. The largest absolute Gasteiger partial charge is 0.399 e. The van der Waals surface area contributed by atoms with Crippen LogP contribution in [-0.2, 0) is 0 Å². The lowest BCUT2D eigenvalue weighted by Crippen LogP contribution is -2.12. The highest BCUT2D eigenvalue weighted by atomic mass is 35.5. The van der Waals surface area contributed by atoms with Crippen LogP contribution >= 0.6 is 22.9 Å². The van der Waals surface area contributed by atoms with Gasteiger partial charge in [-0.3, -0.25) is 4.79 Å². The van der Waals surface area contributed by atoms with Gasteiger partial charge in [0.25, 0.3) is 0 Å². The summed E-state index contributed by atoms with van der Waals surface area (Å²) in [6.45, 7) is 0.0152. The molecule has 0 aliphatic carbocycles. The third-order valence-corrected chi connectivity index (χ3v) is 4.96. The van der Waals surface area contributed by atoms with Crippen LogP contribution in [0.1, 0.15) is 9.67 Å². The van der Waals surface area contributed by atoms with E-state index in [1.807, 2.05) is 0 Å². The summed E-state index contributed by atoms with van der Waals surface area (Å²) in [6, 6.07) is 11.8. The Morgan fingerprint density at radius 3 is 2.60 bits per heavy atom. The Morgan fingerprint density at radius 1 is 1.08 bits per heavy atom. The first-order chi connectivity index (χ1) is 11.9. The van der Waals surface area contributed by atoms with Gasteiger partial charge in [0.15, 0.2) is 5.78 Å². The Kier molecular flexibility index (Phi) is 5.01. The monoisotopic (exact) mass is 378 g/mol. The summed E-state index contributed by atoms with van der Waals surface area (Å²) < 4.78 is 27.0. The van der Waals surface area contributed by atoms with Crippen molar-refractivity contribution in [1.29, 1.82) is 0 Å². The zero-order chi connectivity index (χ0) is 18.0. The van der Waals surface area contributed by atoms with Crippen LogP contribution in [0.3, 0.4) is 0 Å². The number of rotatable bonds is 5. The van der Waals surface area contributed by atoms with Gasteiger partial charge in [0.2, 0.25) is 0 Å². The SMILES string of the molecule is Nc1ccc(F)c(-c2ccc(C(=O)CNc3ccc(F)c(Cl)c3)s2)c1. The topological polar surface area (TPSA) is 55.1 Å². The van der Waals surface area contributed by atoms with Gasteiger partial charge in [0.05, 0.1) is 16.4 Å². The standard InChI is InChI=1S/C18H13ClF2N2OS/c19-13-8-11(2-4-15(13)21)23-9-16(24)18-6-5-17(25-18)12-7-10(22)1-3-14(12)20/h1-8,23H,9,22H2. The van der Waals surface area contributed by atoms with Gasteiger partial charge in [-0.1, -0.05) is 11.6 Å². The van der Waals surface area contributed by atoms with Gasteiger partial charge in [0.1, 0.15) is 11.6 Å². The smallest absolute Gasteiger partial charge is 0.191 e. The van der Waals surface area contributed by atoms with Crippen LogP contribution < -0.4 is 11.1 Å². The van der Waals surface area contributed by atoms with Crippen molar-refractivity contribution in [1.82, 2.24) is 0 Å². The number of halogens is 3. The zero-order valence-electron chi connectivity index (χ0n) is 12.9. The van der Waals surface area contributed by atoms with E-state index in [9.17, 15) is 13.6 Å². The highest BCUT2D eigenvalue weighted by Crippen LogP contribution is 2.31. The Bertz CT molecular complexity index is 943. The molecule has 128 valence electrons. The third-order valence-electron chi connectivity index (χ3n) is 3.51. The average Bonchev–Trinajstić information content (AvgIpc) is 3.08. The number of benzene rings is 2. The van der Waals surface area contributed by atoms with E-state index in [-0.39, 0.29) is 17.4 Å². The van der Waals surface area contributed by atoms with E-state index in [2.05, 4.69) is 5.32 Å². The van der Waals surface area contributed by atoms with Crippen molar-refractivity contribution in [2.45, 2.75) is 0 Å². The molecule has 0 radical (unpaired) electrons. The van der Waals surface area contributed by atoms with Gasteiger partial charge in [-0.25, -0.2) is 8.78 Å². The number of nitrogens with one attached hydrogen (secondary N) is 1. The lowest BCUT2D eigenvalue weighted by atomic mass is 10.1. The second-order valence-corrected chi connectivity index (χ2v) is 6.80. The molecule has 0 unspecified atom stereocenters. The molecule has 0 aliphatic rings. The molecule has 0 amide bonds. The average molecular weight is 379 g/mol. The van der Waals surface area contributed by atoms with E-state index in [4.69, 9.17) is 17.3 Å². The number of Topliss-reactive ketones (excluding diaryl/α,β-unsaturated/α-hetero) is 1. The number of nitrogens with two attached hydrogens (primary N) is 1. The third kappa shape index (κ3) is 3.97. The van der Waals surface area contributed by atoms with Gasteiger partial charge in [-0.05, 0) is 48.5 Å². The second kappa shape index (κ2) is 7.21. The van der Waals surface area contributed by atoms with E-state index in [1.54, 1.807) is 12.1 Å². The Hall–Kier alpha value is -2.44. The summed E-state index contributed by atoms with van der Waals surface area (Å²) in [6.07, 6.45) is 0. The van der Waals surface area contributed by atoms with Gasteiger partial charge in [-0.15, -0.1) is 11.3 Å². The van der Waals surface area contributed by atoms with Crippen molar-refractivity contribution < 1.29 is 13.6 Å². The van der Waals surface area contributed by atoms with E-state index >= 15 is 0 Å². The molecule has 3 rings (SSSR count). The van der Waals surface area contributed by atoms with Crippen LogP contribution in [0.25, 0.3) is 10.4 Å². The maximum Gasteiger partial charge on any atom is 0.191 e. The summed E-state index contributed by atoms with van der Waals surface area (Å²) in [4.78, 5) is 13.4. The molecule has 7 heteroatoms. The lowest BCUT2D eigenvalue weighted by molar-refractivity contribution is 0.101. The Labute approximate surface area is 152 Å². The summed E-state index contributed by atoms with van der Waals surface area (Å²) in [7, 11) is 0. The molecule has 3 nitrogen and oxygen atoms in total. The fourth-order valence-electron chi connectivity index (χ4n) is 2.24. The van der Waals surface area contributed by atoms with Crippen molar-refractivity contribution in [3.63, 3.8) is 0 Å². The van der Waals surface area contributed by atoms with Crippen LogP contribution in [0, 0.1) is 11.6 Å². The Balaban J connectivity index is 1.72. The van der Waals surface area contributed by atoms with Crippen molar-refractivity contribution >= 4 is 40.1 Å². The number of carbonyl (C=O) groups is 1. The molecule has 0 aliphatic heterocycles. The first-order valence-corrected chi connectivity index (χ1v) is 8.51. The van der Waals surface area contributed by atoms with Gasteiger partial charge < -0.3 is 11.1 Å². The van der Waals surface area contributed by atoms with E-state index in [0.29, 0.717) is 26.7 Å². The zero-order valence-corrected chi connectivity index (χ0v) is 14.4. The number of anilines is 2. The van der Waals surface area contributed by atoms with Crippen molar-refractivity contribution in [3.05, 3.63) is 70.1 Å². The minimum atomic E-state index is -0.523. The maximum atomic E-state index is 13.9. The first kappa shape index (κ1) is 17.4. The number of hydrogen-bond donors (Lipinski definition) is 2. The molecular weight excluding hydrogens is 366 g/mol. The quantitative estimate of drug-likeness (QED) is 0.472. The molecular formula is C18H13ClF2N2OS. The summed E-state index contributed by atoms with van der Waals surface area (Å²) in [5, 5.41) is 2.87. The molecule has 1 heterocycles. The lowest BCUT2D eigenvalue weighted by Gasteiger charge is -2.05. The van der Waals surface area contributed by atoms with Crippen LogP contribution in [0.4, 0.5) is 20.2 Å². The number of thiophene rings is 1. The number of carbonyl (C=O) groups excluding carboxylic acids is 1. The predicted octanol–water partition coefficient (Wildman–Crippen LogP) is 5.22. The number of hydrogen-bond acceptors (Lipinski definition) is 4. The van der Waals surface area contributed by atoms with Crippen molar-refractivity contribution in [2.75, 3.05) is 17.6 Å². The molecule has 0 fully saturated rings. The minimum absolute atomic E-state index is 0.0152. The summed E-state index contributed by atoms with van der Waals surface area (Å²) in [5.41, 5.74) is 7.04. The normalized spacial score (nSPS) is 10.7. The molecule has 1 aromatic heterocycles. The fraction of sp³-hybridized carbons (Fsp3) is 0.0556. The molecule has 25 heavy (non-hydrogen) atoms. The van der Waals surface area contributed by atoms with Crippen molar-refractivity contribution in [2.24, 2.45) is 0 Å². The van der Waals surface area contributed by atoms with Gasteiger partial charge >= 0.3 is 0 Å². The molecule has 2 aromatic carbocycles. The molecule has 3 N–H and O–H groups in total. The molecule has 0 saturated carbocycles.